The Morgan fingerprint density at radius 2 is 2.04 bits per heavy atom. The average molecular weight is 380 g/mol. The Labute approximate surface area is 160 Å². The lowest BCUT2D eigenvalue weighted by molar-refractivity contribution is -0.113. The highest BCUT2D eigenvalue weighted by Gasteiger charge is 2.13. The number of anilines is 1. The summed E-state index contributed by atoms with van der Waals surface area (Å²) in [4.78, 5) is 21.0. The van der Waals surface area contributed by atoms with Gasteiger partial charge in [-0.25, -0.2) is 9.97 Å². The van der Waals surface area contributed by atoms with Crippen LogP contribution in [0.2, 0.25) is 0 Å². The van der Waals surface area contributed by atoms with E-state index in [0.717, 1.165) is 22.5 Å². The lowest BCUT2D eigenvalue weighted by Gasteiger charge is -2.07. The quantitative estimate of drug-likeness (QED) is 0.663. The standard InChI is InChI=1S/C19H16N4OS2/c1-12-8-13(2)21-18(15(12)9-20)25-11-17(24)23-19-22-16(10-26-19)14-6-4-3-5-7-14/h3-8,10H,11H2,1-2H3,(H,22,23,24). The maximum absolute atomic E-state index is 12.2. The van der Waals surface area contributed by atoms with Gasteiger partial charge in [0.15, 0.2) is 5.13 Å². The van der Waals surface area contributed by atoms with Crippen molar-refractivity contribution in [2.45, 2.75) is 18.9 Å². The zero-order valence-electron chi connectivity index (χ0n) is 14.3. The second kappa shape index (κ2) is 8.13. The van der Waals surface area contributed by atoms with Crippen LogP contribution in [0.4, 0.5) is 5.13 Å². The molecule has 0 spiro atoms. The first-order valence-corrected chi connectivity index (χ1v) is 9.75. The van der Waals surface area contributed by atoms with Crippen molar-refractivity contribution in [3.63, 3.8) is 0 Å². The molecule has 0 aliphatic rings. The van der Waals surface area contributed by atoms with Gasteiger partial charge in [0.25, 0.3) is 0 Å². The molecule has 0 bridgehead atoms. The third-order valence-corrected chi connectivity index (χ3v) is 5.32. The number of hydrogen-bond acceptors (Lipinski definition) is 6. The van der Waals surface area contributed by atoms with Crippen LogP contribution in [0.25, 0.3) is 11.3 Å². The van der Waals surface area contributed by atoms with Gasteiger partial charge in [0.05, 0.1) is 17.0 Å². The Bertz CT molecular complexity index is 977. The van der Waals surface area contributed by atoms with Crippen molar-refractivity contribution in [2.75, 3.05) is 11.1 Å². The first kappa shape index (κ1) is 18.1. The molecule has 130 valence electrons. The van der Waals surface area contributed by atoms with Crippen LogP contribution in [0.1, 0.15) is 16.8 Å². The molecule has 0 saturated heterocycles. The van der Waals surface area contributed by atoms with Gasteiger partial charge in [-0.05, 0) is 25.5 Å². The number of carbonyl (C=O) groups is 1. The summed E-state index contributed by atoms with van der Waals surface area (Å²) < 4.78 is 0. The minimum absolute atomic E-state index is 0.171. The van der Waals surface area contributed by atoms with E-state index in [4.69, 9.17) is 0 Å². The van der Waals surface area contributed by atoms with E-state index in [0.29, 0.717) is 15.7 Å². The van der Waals surface area contributed by atoms with Crippen molar-refractivity contribution >= 4 is 34.1 Å². The molecular weight excluding hydrogens is 364 g/mol. The van der Waals surface area contributed by atoms with E-state index < -0.39 is 0 Å². The number of amides is 1. The normalized spacial score (nSPS) is 10.3. The molecule has 0 unspecified atom stereocenters. The topological polar surface area (TPSA) is 78.7 Å². The van der Waals surface area contributed by atoms with E-state index in [1.54, 1.807) is 0 Å². The van der Waals surface area contributed by atoms with Crippen LogP contribution in [0.3, 0.4) is 0 Å². The molecule has 0 aliphatic heterocycles. The van der Waals surface area contributed by atoms with Gasteiger partial charge >= 0.3 is 0 Å². The number of thiazole rings is 1. The zero-order chi connectivity index (χ0) is 18.5. The number of aryl methyl sites for hydroxylation is 2. The summed E-state index contributed by atoms with van der Waals surface area (Å²) in [6.45, 7) is 3.75. The number of thioether (sulfide) groups is 1. The van der Waals surface area contributed by atoms with Gasteiger partial charge in [-0.1, -0.05) is 42.1 Å². The van der Waals surface area contributed by atoms with Crippen LogP contribution in [-0.4, -0.2) is 21.6 Å². The third-order valence-electron chi connectivity index (χ3n) is 3.58. The molecule has 3 rings (SSSR count). The Hall–Kier alpha value is -2.69. The fraction of sp³-hybridized carbons (Fsp3) is 0.158. The molecule has 1 N–H and O–H groups in total. The van der Waals surface area contributed by atoms with E-state index in [-0.39, 0.29) is 11.7 Å². The number of benzene rings is 1. The predicted molar refractivity (Wildman–Crippen MR) is 105 cm³/mol. The van der Waals surface area contributed by atoms with Crippen molar-refractivity contribution in [1.82, 2.24) is 9.97 Å². The fourth-order valence-electron chi connectivity index (χ4n) is 2.40. The predicted octanol–water partition coefficient (Wildman–Crippen LogP) is 4.42. The summed E-state index contributed by atoms with van der Waals surface area (Å²) in [5.74, 6) is -0.000946. The molecule has 0 fully saturated rings. The fourth-order valence-corrected chi connectivity index (χ4v) is 4.04. The van der Waals surface area contributed by atoms with E-state index in [2.05, 4.69) is 21.4 Å². The zero-order valence-corrected chi connectivity index (χ0v) is 15.9. The second-order valence-corrected chi connectivity index (χ2v) is 7.44. The van der Waals surface area contributed by atoms with Crippen molar-refractivity contribution in [1.29, 1.82) is 5.26 Å². The van der Waals surface area contributed by atoms with Gasteiger partial charge in [-0.3, -0.25) is 4.79 Å². The number of aromatic nitrogens is 2. The van der Waals surface area contributed by atoms with Gasteiger partial charge < -0.3 is 5.32 Å². The van der Waals surface area contributed by atoms with Crippen LogP contribution >= 0.6 is 23.1 Å². The smallest absolute Gasteiger partial charge is 0.236 e. The Morgan fingerprint density at radius 3 is 2.77 bits per heavy atom. The summed E-state index contributed by atoms with van der Waals surface area (Å²) >= 11 is 2.65. The summed E-state index contributed by atoms with van der Waals surface area (Å²) in [6, 6.07) is 13.8. The molecule has 0 saturated carbocycles. The van der Waals surface area contributed by atoms with Crippen molar-refractivity contribution in [3.8, 4) is 17.3 Å². The monoisotopic (exact) mass is 380 g/mol. The third kappa shape index (κ3) is 4.28. The molecule has 1 aromatic carbocycles. The maximum Gasteiger partial charge on any atom is 0.236 e. The number of rotatable bonds is 5. The van der Waals surface area contributed by atoms with Crippen molar-refractivity contribution < 1.29 is 4.79 Å². The Balaban J connectivity index is 1.64. The number of nitriles is 1. The number of carbonyl (C=O) groups excluding carboxylic acids is 1. The Kier molecular flexibility index (Phi) is 5.66. The molecule has 2 aromatic heterocycles. The molecule has 2 heterocycles. The first-order chi connectivity index (χ1) is 12.6. The highest BCUT2D eigenvalue weighted by Crippen LogP contribution is 2.26. The molecule has 1 amide bonds. The van der Waals surface area contributed by atoms with E-state index in [9.17, 15) is 10.1 Å². The number of pyridine rings is 1. The van der Waals surface area contributed by atoms with Gasteiger partial charge in [-0.2, -0.15) is 5.26 Å². The van der Waals surface area contributed by atoms with Crippen LogP contribution in [0.5, 0.6) is 0 Å². The van der Waals surface area contributed by atoms with Crippen LogP contribution in [0, 0.1) is 25.2 Å². The number of nitrogens with zero attached hydrogens (tertiary/aromatic N) is 3. The molecule has 0 radical (unpaired) electrons. The summed E-state index contributed by atoms with van der Waals surface area (Å²) in [5.41, 5.74) is 4.07. The average Bonchev–Trinajstić information content (AvgIpc) is 3.09. The molecule has 3 aromatic rings. The SMILES string of the molecule is Cc1cc(C)c(C#N)c(SCC(=O)Nc2nc(-c3ccccc3)cs2)n1. The largest absolute Gasteiger partial charge is 0.301 e. The van der Waals surface area contributed by atoms with Crippen LogP contribution in [-0.2, 0) is 4.79 Å². The van der Waals surface area contributed by atoms with E-state index in [1.165, 1.54) is 23.1 Å². The van der Waals surface area contributed by atoms with E-state index >= 15 is 0 Å². The van der Waals surface area contributed by atoms with Gasteiger partial charge in [0.2, 0.25) is 5.91 Å². The van der Waals surface area contributed by atoms with Gasteiger partial charge in [0, 0.05) is 16.6 Å². The molecule has 7 heteroatoms. The molecular formula is C19H16N4OS2. The minimum atomic E-state index is -0.172. The molecule has 26 heavy (non-hydrogen) atoms. The summed E-state index contributed by atoms with van der Waals surface area (Å²) in [5, 5.41) is 15.2. The van der Waals surface area contributed by atoms with E-state index in [1.807, 2.05) is 55.6 Å². The number of nitrogens with one attached hydrogen (secondary N) is 1. The highest BCUT2D eigenvalue weighted by molar-refractivity contribution is 8.00. The van der Waals surface area contributed by atoms with Gasteiger partial charge in [0.1, 0.15) is 11.1 Å². The maximum atomic E-state index is 12.2. The minimum Gasteiger partial charge on any atom is -0.301 e. The molecule has 5 nitrogen and oxygen atoms in total. The summed E-state index contributed by atoms with van der Waals surface area (Å²) in [7, 11) is 0. The Morgan fingerprint density at radius 1 is 1.27 bits per heavy atom. The molecule has 0 atom stereocenters. The summed E-state index contributed by atoms with van der Waals surface area (Å²) in [6.07, 6.45) is 0. The number of hydrogen-bond donors (Lipinski definition) is 1. The van der Waals surface area contributed by atoms with Crippen molar-refractivity contribution in [2.24, 2.45) is 0 Å². The highest BCUT2D eigenvalue weighted by atomic mass is 32.2. The van der Waals surface area contributed by atoms with Crippen LogP contribution in [0.15, 0.2) is 46.8 Å². The lowest BCUT2D eigenvalue weighted by Crippen LogP contribution is -2.14. The molecule has 0 aliphatic carbocycles. The first-order valence-electron chi connectivity index (χ1n) is 7.89. The second-order valence-electron chi connectivity index (χ2n) is 5.61. The van der Waals surface area contributed by atoms with Crippen molar-refractivity contribution in [3.05, 3.63) is 58.6 Å². The lowest BCUT2D eigenvalue weighted by atomic mass is 10.1. The van der Waals surface area contributed by atoms with Crippen LogP contribution < -0.4 is 5.32 Å². The van der Waals surface area contributed by atoms with Gasteiger partial charge in [-0.15, -0.1) is 11.3 Å².